The number of allylic oxidation sites excluding steroid dienone is 4. The van der Waals surface area contributed by atoms with E-state index in [0.29, 0.717) is 46.1 Å². The van der Waals surface area contributed by atoms with Crippen molar-refractivity contribution in [1.29, 1.82) is 5.26 Å². The number of hydrogen-bond donors (Lipinski definition) is 2. The Labute approximate surface area is 204 Å². The molecule has 1 aromatic rings. The summed E-state index contributed by atoms with van der Waals surface area (Å²) >= 11 is 3.61. The fourth-order valence-corrected chi connectivity index (χ4v) is 5.19. The first kappa shape index (κ1) is 25.1. The Hall–Kier alpha value is -2.56. The summed E-state index contributed by atoms with van der Waals surface area (Å²) in [5.74, 6) is 1.08. The molecule has 0 fully saturated rings. The Balaban J connectivity index is 2.09. The van der Waals surface area contributed by atoms with E-state index in [4.69, 9.17) is 15.2 Å². The third kappa shape index (κ3) is 5.34. The van der Waals surface area contributed by atoms with Gasteiger partial charge in [-0.05, 0) is 66.2 Å². The van der Waals surface area contributed by atoms with Gasteiger partial charge in [-0.15, -0.1) is 6.58 Å². The zero-order valence-corrected chi connectivity index (χ0v) is 21.1. The number of nitrogens with one attached hydrogen (secondary N) is 1. The summed E-state index contributed by atoms with van der Waals surface area (Å²) in [6.45, 7) is 10.3. The number of benzene rings is 1. The molecule has 0 amide bonds. The number of halogens is 1. The van der Waals surface area contributed by atoms with Gasteiger partial charge in [0.15, 0.2) is 17.3 Å². The largest absolute Gasteiger partial charge is 0.490 e. The highest BCUT2D eigenvalue weighted by Crippen LogP contribution is 2.47. The highest BCUT2D eigenvalue weighted by atomic mass is 79.9. The molecular formula is C26H32BrN3O3. The van der Waals surface area contributed by atoms with E-state index in [9.17, 15) is 10.1 Å². The summed E-state index contributed by atoms with van der Waals surface area (Å²) < 4.78 is 12.5. The monoisotopic (exact) mass is 513 g/mol. The number of ketones is 1. The van der Waals surface area contributed by atoms with E-state index in [0.717, 1.165) is 36.2 Å². The van der Waals surface area contributed by atoms with Gasteiger partial charge in [0.1, 0.15) is 6.61 Å². The van der Waals surface area contributed by atoms with Gasteiger partial charge in [-0.2, -0.15) is 5.26 Å². The molecule has 1 aliphatic heterocycles. The number of carbonyl (C=O) groups excluding carboxylic acids is 1. The van der Waals surface area contributed by atoms with Crippen LogP contribution in [0, 0.1) is 17.2 Å². The number of ether oxygens (including phenoxy) is 2. The number of hydrogen-bond acceptors (Lipinski definition) is 6. The topological polar surface area (TPSA) is 97.4 Å². The van der Waals surface area contributed by atoms with Gasteiger partial charge in [0.2, 0.25) is 0 Å². The van der Waals surface area contributed by atoms with Crippen molar-refractivity contribution in [2.75, 3.05) is 13.2 Å². The third-order valence-corrected chi connectivity index (χ3v) is 6.71. The summed E-state index contributed by atoms with van der Waals surface area (Å²) in [5, 5.41) is 13.4. The molecule has 7 heteroatoms. The molecule has 2 aliphatic rings. The van der Waals surface area contributed by atoms with Gasteiger partial charge < -0.3 is 20.5 Å². The van der Waals surface area contributed by atoms with Crippen molar-refractivity contribution in [3.8, 4) is 17.6 Å². The molecule has 3 N–H and O–H groups in total. The van der Waals surface area contributed by atoms with E-state index in [1.54, 1.807) is 6.08 Å². The Morgan fingerprint density at radius 2 is 2.12 bits per heavy atom. The second-order valence-corrected chi connectivity index (χ2v) is 9.41. The van der Waals surface area contributed by atoms with Crippen LogP contribution < -0.4 is 20.5 Å². The summed E-state index contributed by atoms with van der Waals surface area (Å²) in [6.07, 6.45) is 5.02. The number of rotatable bonds is 9. The molecule has 176 valence electrons. The van der Waals surface area contributed by atoms with E-state index in [1.165, 1.54) is 0 Å². The van der Waals surface area contributed by atoms with Crippen LogP contribution in [0.1, 0.15) is 57.9 Å². The van der Waals surface area contributed by atoms with Gasteiger partial charge in [0.05, 0.1) is 34.7 Å². The maximum atomic E-state index is 13.3. The number of carbonyl (C=O) groups is 1. The molecule has 3 atom stereocenters. The molecule has 1 aromatic carbocycles. The van der Waals surface area contributed by atoms with Crippen LogP contribution in [0.25, 0.3) is 0 Å². The zero-order valence-electron chi connectivity index (χ0n) is 19.5. The first-order valence-corrected chi connectivity index (χ1v) is 12.2. The minimum atomic E-state index is -0.443. The smallest absolute Gasteiger partial charge is 0.175 e. The lowest BCUT2D eigenvalue weighted by molar-refractivity contribution is -0.117. The van der Waals surface area contributed by atoms with Crippen molar-refractivity contribution in [3.63, 3.8) is 0 Å². The Morgan fingerprint density at radius 3 is 2.76 bits per heavy atom. The molecule has 0 aromatic heterocycles. The minimum Gasteiger partial charge on any atom is -0.490 e. The number of Topliss-reactive ketones (excluding diaryl/α,β-unsaturated/α-hetero) is 1. The quantitative estimate of drug-likeness (QED) is 0.437. The van der Waals surface area contributed by atoms with E-state index >= 15 is 0 Å². The average molecular weight is 514 g/mol. The molecular weight excluding hydrogens is 482 g/mol. The van der Waals surface area contributed by atoms with Gasteiger partial charge >= 0.3 is 0 Å². The van der Waals surface area contributed by atoms with Crippen LogP contribution in [0.15, 0.2) is 51.8 Å². The van der Waals surface area contributed by atoms with Crippen molar-refractivity contribution in [2.45, 2.75) is 58.4 Å². The van der Waals surface area contributed by atoms with Crippen LogP contribution in [0.3, 0.4) is 0 Å². The minimum absolute atomic E-state index is 0.110. The second kappa shape index (κ2) is 11.0. The third-order valence-electron chi connectivity index (χ3n) is 6.12. The molecule has 33 heavy (non-hydrogen) atoms. The summed E-state index contributed by atoms with van der Waals surface area (Å²) in [7, 11) is 0. The predicted molar refractivity (Wildman–Crippen MR) is 133 cm³/mol. The fourth-order valence-electron chi connectivity index (χ4n) is 4.62. The van der Waals surface area contributed by atoms with E-state index in [1.807, 2.05) is 26.0 Å². The average Bonchev–Trinajstić information content (AvgIpc) is 2.77. The van der Waals surface area contributed by atoms with Gasteiger partial charge in [0.25, 0.3) is 0 Å². The Bertz CT molecular complexity index is 1040. The SMILES string of the molecule is C=CC(N)COc1c(Br)cc(C2C(C#N)=C(C)NC3=C2C(=O)CC(CCC)C3)cc1OCC. The maximum Gasteiger partial charge on any atom is 0.175 e. The first-order valence-electron chi connectivity index (χ1n) is 11.5. The van der Waals surface area contributed by atoms with Crippen molar-refractivity contribution < 1.29 is 14.3 Å². The van der Waals surface area contributed by atoms with E-state index in [2.05, 4.69) is 40.8 Å². The molecule has 0 saturated heterocycles. The van der Waals surface area contributed by atoms with Gasteiger partial charge in [-0.1, -0.05) is 19.4 Å². The van der Waals surface area contributed by atoms with Crippen molar-refractivity contribution in [1.82, 2.24) is 5.32 Å². The Kier molecular flexibility index (Phi) is 8.39. The van der Waals surface area contributed by atoms with Crippen LogP contribution in [0.4, 0.5) is 0 Å². The Morgan fingerprint density at radius 1 is 1.36 bits per heavy atom. The standard InChI is InChI=1S/C26H32BrN3O3/c1-5-8-16-9-21-25(22(31)10-16)24(19(13-28)15(4)30-21)17-11-20(27)26(23(12-17)32-7-3)33-14-18(29)6-2/h6,11-12,16,18,24,30H,2,5,7-10,14,29H2,1,3-4H3. The maximum absolute atomic E-state index is 13.3. The predicted octanol–water partition coefficient (Wildman–Crippen LogP) is 5.26. The molecule has 0 bridgehead atoms. The molecule has 0 spiro atoms. The zero-order chi connectivity index (χ0) is 24.1. The summed E-state index contributed by atoms with van der Waals surface area (Å²) in [4.78, 5) is 13.3. The van der Waals surface area contributed by atoms with Crippen LogP contribution in [0.2, 0.25) is 0 Å². The highest BCUT2D eigenvalue weighted by molar-refractivity contribution is 9.10. The number of nitrogens with two attached hydrogens (primary N) is 1. The fraction of sp³-hybridized carbons (Fsp3) is 0.462. The lowest BCUT2D eigenvalue weighted by Gasteiger charge is -2.35. The number of dihydropyridines is 1. The molecule has 1 heterocycles. The molecule has 1 aliphatic carbocycles. The lowest BCUT2D eigenvalue weighted by Crippen LogP contribution is -2.34. The van der Waals surface area contributed by atoms with Crippen LogP contribution in [-0.2, 0) is 4.79 Å². The van der Waals surface area contributed by atoms with E-state index in [-0.39, 0.29) is 18.4 Å². The summed E-state index contributed by atoms with van der Waals surface area (Å²) in [6, 6.07) is 5.82. The lowest BCUT2D eigenvalue weighted by atomic mass is 9.72. The van der Waals surface area contributed by atoms with Crippen LogP contribution in [-0.4, -0.2) is 25.0 Å². The van der Waals surface area contributed by atoms with Crippen LogP contribution in [0.5, 0.6) is 11.5 Å². The van der Waals surface area contributed by atoms with Gasteiger partial charge in [-0.3, -0.25) is 4.79 Å². The normalized spacial score (nSPS) is 21.2. The molecule has 0 saturated carbocycles. The van der Waals surface area contributed by atoms with Crippen molar-refractivity contribution >= 4 is 21.7 Å². The van der Waals surface area contributed by atoms with E-state index < -0.39 is 5.92 Å². The molecule has 6 nitrogen and oxygen atoms in total. The van der Waals surface area contributed by atoms with Gasteiger partial charge in [-0.25, -0.2) is 0 Å². The number of nitriles is 1. The van der Waals surface area contributed by atoms with Crippen molar-refractivity contribution in [2.24, 2.45) is 11.7 Å². The van der Waals surface area contributed by atoms with Crippen molar-refractivity contribution in [3.05, 3.63) is 57.4 Å². The number of nitrogens with zero attached hydrogens (tertiary/aromatic N) is 1. The highest BCUT2D eigenvalue weighted by Gasteiger charge is 2.39. The first-order chi connectivity index (χ1) is 15.8. The summed E-state index contributed by atoms with van der Waals surface area (Å²) in [5.41, 5.74) is 9.72. The molecule has 3 rings (SSSR count). The molecule has 0 radical (unpaired) electrons. The van der Waals surface area contributed by atoms with Gasteiger partial charge in [0, 0.05) is 23.4 Å². The molecule has 3 unspecified atom stereocenters. The second-order valence-electron chi connectivity index (χ2n) is 8.56. The van der Waals surface area contributed by atoms with Crippen LogP contribution >= 0.6 is 15.9 Å².